The van der Waals surface area contributed by atoms with Crippen LogP contribution in [0.4, 0.5) is 5.69 Å². The molecule has 0 bridgehead atoms. The molecule has 1 saturated heterocycles. The maximum Gasteiger partial charge on any atom is 0.232 e. The molecule has 1 aromatic heterocycles. The van der Waals surface area contributed by atoms with Gasteiger partial charge in [0.05, 0.1) is 25.8 Å². The summed E-state index contributed by atoms with van der Waals surface area (Å²) in [7, 11) is 3.18. The van der Waals surface area contributed by atoms with E-state index in [1.807, 2.05) is 12.1 Å². The molecule has 24 heavy (non-hydrogen) atoms. The summed E-state index contributed by atoms with van der Waals surface area (Å²) < 4.78 is 16.0. The third kappa shape index (κ3) is 2.60. The minimum absolute atomic E-state index is 0.0228. The van der Waals surface area contributed by atoms with Crippen LogP contribution in [0.3, 0.4) is 0 Å². The summed E-state index contributed by atoms with van der Waals surface area (Å²) in [5.74, 6) is 3.01. The van der Waals surface area contributed by atoms with Crippen molar-refractivity contribution in [1.82, 2.24) is 10.1 Å². The third-order valence-corrected chi connectivity index (χ3v) is 4.55. The molecule has 2 fully saturated rings. The highest BCUT2D eigenvalue weighted by Crippen LogP contribution is 2.40. The fourth-order valence-electron chi connectivity index (χ4n) is 3.03. The number of methoxy groups -OCH3 is 2. The fourth-order valence-corrected chi connectivity index (χ4v) is 3.03. The van der Waals surface area contributed by atoms with Crippen LogP contribution < -0.4 is 14.4 Å². The zero-order chi connectivity index (χ0) is 16.7. The molecule has 1 aliphatic heterocycles. The summed E-state index contributed by atoms with van der Waals surface area (Å²) in [5, 5.41) is 4.04. The number of nitrogens with zero attached hydrogens (tertiary/aromatic N) is 3. The van der Waals surface area contributed by atoms with Crippen molar-refractivity contribution in [2.45, 2.75) is 31.1 Å². The molecule has 1 saturated carbocycles. The average Bonchev–Trinajstić information content (AvgIpc) is 3.21. The van der Waals surface area contributed by atoms with Crippen LogP contribution in [0.1, 0.15) is 42.8 Å². The number of ether oxygens (including phenoxy) is 2. The van der Waals surface area contributed by atoms with E-state index in [0.717, 1.165) is 24.4 Å². The van der Waals surface area contributed by atoms with Gasteiger partial charge in [0.25, 0.3) is 0 Å². The van der Waals surface area contributed by atoms with E-state index in [4.69, 9.17) is 14.0 Å². The van der Waals surface area contributed by atoms with Gasteiger partial charge in [-0.25, -0.2) is 0 Å². The lowest BCUT2D eigenvalue weighted by Gasteiger charge is -2.19. The topological polar surface area (TPSA) is 77.7 Å². The van der Waals surface area contributed by atoms with Gasteiger partial charge < -0.3 is 18.9 Å². The number of hydrogen-bond donors (Lipinski definition) is 0. The van der Waals surface area contributed by atoms with Gasteiger partial charge in [-0.1, -0.05) is 5.16 Å². The van der Waals surface area contributed by atoms with Gasteiger partial charge in [0.1, 0.15) is 11.5 Å². The molecule has 2 aliphatic rings. The lowest BCUT2D eigenvalue weighted by molar-refractivity contribution is -0.117. The van der Waals surface area contributed by atoms with E-state index in [9.17, 15) is 4.79 Å². The van der Waals surface area contributed by atoms with Crippen molar-refractivity contribution in [3.8, 4) is 11.5 Å². The number of benzene rings is 1. The molecule has 0 radical (unpaired) electrons. The van der Waals surface area contributed by atoms with E-state index in [2.05, 4.69) is 10.1 Å². The van der Waals surface area contributed by atoms with Crippen molar-refractivity contribution in [2.24, 2.45) is 0 Å². The van der Waals surface area contributed by atoms with Gasteiger partial charge in [-0.3, -0.25) is 4.79 Å². The van der Waals surface area contributed by atoms with Crippen LogP contribution in [0.15, 0.2) is 22.7 Å². The molecule has 7 heteroatoms. The van der Waals surface area contributed by atoms with Gasteiger partial charge in [0.15, 0.2) is 5.82 Å². The lowest BCUT2D eigenvalue weighted by atomic mass is 10.1. The number of carbonyl (C=O) groups excluding carboxylic acids is 1. The van der Waals surface area contributed by atoms with Crippen molar-refractivity contribution < 1.29 is 18.8 Å². The van der Waals surface area contributed by atoms with E-state index in [1.165, 1.54) is 0 Å². The summed E-state index contributed by atoms with van der Waals surface area (Å²) in [6, 6.07) is 5.42. The Hall–Kier alpha value is -2.57. The van der Waals surface area contributed by atoms with Crippen LogP contribution in [-0.4, -0.2) is 36.8 Å². The second-order valence-electron chi connectivity index (χ2n) is 6.21. The minimum Gasteiger partial charge on any atom is -0.497 e. The largest absolute Gasteiger partial charge is 0.497 e. The zero-order valence-corrected chi connectivity index (χ0v) is 13.7. The van der Waals surface area contributed by atoms with Crippen molar-refractivity contribution in [1.29, 1.82) is 0 Å². The smallest absolute Gasteiger partial charge is 0.232 e. The predicted octanol–water partition coefficient (Wildman–Crippen LogP) is 2.48. The van der Waals surface area contributed by atoms with E-state index in [-0.39, 0.29) is 11.8 Å². The van der Waals surface area contributed by atoms with E-state index < -0.39 is 0 Å². The van der Waals surface area contributed by atoms with Gasteiger partial charge in [-0.2, -0.15) is 4.98 Å². The maximum atomic E-state index is 12.5. The third-order valence-electron chi connectivity index (χ3n) is 4.55. The maximum absolute atomic E-state index is 12.5. The molecule has 1 amide bonds. The standard InChI is InChI=1S/C17H19N3O4/c1-22-12-5-6-13(14(8-12)23-2)20-9-11(7-15(20)21)17-18-16(19-24-17)10-3-4-10/h5-6,8,10-11H,3-4,7,9H2,1-2H3. The number of carbonyl (C=O) groups is 1. The Labute approximate surface area is 139 Å². The Bertz CT molecular complexity index is 769. The molecule has 7 nitrogen and oxygen atoms in total. The number of amides is 1. The molecule has 1 aromatic carbocycles. The Morgan fingerprint density at radius 3 is 2.75 bits per heavy atom. The van der Waals surface area contributed by atoms with Crippen molar-refractivity contribution in [2.75, 3.05) is 25.7 Å². The van der Waals surface area contributed by atoms with E-state index in [0.29, 0.717) is 36.3 Å². The van der Waals surface area contributed by atoms with Crippen LogP contribution in [0.2, 0.25) is 0 Å². The highest BCUT2D eigenvalue weighted by Gasteiger charge is 2.37. The first-order valence-electron chi connectivity index (χ1n) is 8.05. The van der Waals surface area contributed by atoms with Crippen molar-refractivity contribution in [3.63, 3.8) is 0 Å². The first-order chi connectivity index (χ1) is 11.7. The number of anilines is 1. The summed E-state index contributed by atoms with van der Waals surface area (Å²) in [6.45, 7) is 0.508. The fraction of sp³-hybridized carbons (Fsp3) is 0.471. The van der Waals surface area contributed by atoms with E-state index in [1.54, 1.807) is 25.2 Å². The quantitative estimate of drug-likeness (QED) is 0.838. The van der Waals surface area contributed by atoms with E-state index >= 15 is 0 Å². The van der Waals surface area contributed by atoms with Crippen LogP contribution in [0, 0.1) is 0 Å². The Morgan fingerprint density at radius 2 is 2.04 bits per heavy atom. The first-order valence-corrected chi connectivity index (χ1v) is 8.05. The molecular weight excluding hydrogens is 310 g/mol. The van der Waals surface area contributed by atoms with Gasteiger partial charge in [-0.15, -0.1) is 0 Å². The molecule has 1 unspecified atom stereocenters. The van der Waals surface area contributed by atoms with Crippen molar-refractivity contribution >= 4 is 11.6 Å². The Balaban J connectivity index is 1.57. The van der Waals surface area contributed by atoms with Gasteiger partial charge in [0, 0.05) is 24.9 Å². The predicted molar refractivity (Wildman–Crippen MR) is 85.5 cm³/mol. The molecule has 0 spiro atoms. The SMILES string of the molecule is COc1ccc(N2CC(c3nc(C4CC4)no3)CC2=O)c(OC)c1. The summed E-state index contributed by atoms with van der Waals surface area (Å²) >= 11 is 0. The highest BCUT2D eigenvalue weighted by atomic mass is 16.5. The molecule has 4 rings (SSSR count). The Morgan fingerprint density at radius 1 is 1.21 bits per heavy atom. The molecule has 2 aromatic rings. The lowest BCUT2D eigenvalue weighted by Crippen LogP contribution is -2.24. The van der Waals surface area contributed by atoms with Gasteiger partial charge in [0.2, 0.25) is 11.8 Å². The average molecular weight is 329 g/mol. The summed E-state index contributed by atoms with van der Waals surface area (Å²) in [5.41, 5.74) is 0.729. The number of hydrogen-bond acceptors (Lipinski definition) is 6. The zero-order valence-electron chi connectivity index (χ0n) is 13.7. The van der Waals surface area contributed by atoms with Gasteiger partial charge >= 0.3 is 0 Å². The number of rotatable bonds is 5. The van der Waals surface area contributed by atoms with Crippen LogP contribution in [0.5, 0.6) is 11.5 Å². The molecule has 1 atom stereocenters. The molecule has 126 valence electrons. The summed E-state index contributed by atoms with van der Waals surface area (Å²) in [4.78, 5) is 18.7. The van der Waals surface area contributed by atoms with Crippen LogP contribution >= 0.6 is 0 Å². The monoisotopic (exact) mass is 329 g/mol. The van der Waals surface area contributed by atoms with Gasteiger partial charge in [-0.05, 0) is 25.0 Å². The molecular formula is C17H19N3O4. The minimum atomic E-state index is -0.0793. The second kappa shape index (κ2) is 5.81. The first kappa shape index (κ1) is 15.0. The summed E-state index contributed by atoms with van der Waals surface area (Å²) in [6.07, 6.45) is 2.61. The number of aromatic nitrogens is 2. The van der Waals surface area contributed by atoms with Crippen molar-refractivity contribution in [3.05, 3.63) is 29.9 Å². The molecule has 2 heterocycles. The normalized spacial score (nSPS) is 20.5. The molecule has 1 aliphatic carbocycles. The highest BCUT2D eigenvalue weighted by molar-refractivity contribution is 5.97. The van der Waals surface area contributed by atoms with Crippen LogP contribution in [-0.2, 0) is 4.79 Å². The second-order valence-corrected chi connectivity index (χ2v) is 6.21. The Kier molecular flexibility index (Phi) is 3.63. The molecule has 0 N–H and O–H groups in total. The van der Waals surface area contributed by atoms with Crippen LogP contribution in [0.25, 0.3) is 0 Å².